The highest BCUT2D eigenvalue weighted by Crippen LogP contribution is 2.29. The van der Waals surface area contributed by atoms with Crippen LogP contribution in [0, 0.1) is 0 Å². The fraction of sp³-hybridized carbons (Fsp3) is 0.545. The van der Waals surface area contributed by atoms with Crippen LogP contribution < -0.4 is 5.69 Å². The zero-order valence-corrected chi connectivity index (χ0v) is 10.4. The van der Waals surface area contributed by atoms with E-state index in [1.165, 1.54) is 6.20 Å². The molecule has 7 heteroatoms. The van der Waals surface area contributed by atoms with E-state index in [2.05, 4.69) is 15.0 Å². The van der Waals surface area contributed by atoms with E-state index >= 15 is 0 Å². The van der Waals surface area contributed by atoms with Crippen LogP contribution in [0.5, 0.6) is 0 Å². The van der Waals surface area contributed by atoms with Crippen LogP contribution >= 0.6 is 11.6 Å². The van der Waals surface area contributed by atoms with Gasteiger partial charge < -0.3 is 10.1 Å². The van der Waals surface area contributed by atoms with Crippen LogP contribution in [-0.4, -0.2) is 30.7 Å². The molecule has 2 aromatic rings. The van der Waals surface area contributed by atoms with E-state index in [0.717, 1.165) is 12.8 Å². The van der Waals surface area contributed by atoms with E-state index in [1.54, 1.807) is 4.57 Å². The van der Waals surface area contributed by atoms with E-state index in [1.807, 2.05) is 0 Å². The lowest BCUT2D eigenvalue weighted by Crippen LogP contribution is -2.27. The summed E-state index contributed by atoms with van der Waals surface area (Å²) >= 11 is 5.77. The topological polar surface area (TPSA) is 83.8 Å². The third kappa shape index (κ3) is 1.91. The third-order valence-electron chi connectivity index (χ3n) is 3.46. The van der Waals surface area contributed by atoms with Crippen molar-refractivity contribution in [3.05, 3.63) is 22.0 Å². The van der Waals surface area contributed by atoms with E-state index in [9.17, 15) is 9.90 Å². The largest absolute Gasteiger partial charge is 0.393 e. The predicted molar refractivity (Wildman–Crippen MR) is 66.7 cm³/mol. The Labute approximate surface area is 108 Å². The van der Waals surface area contributed by atoms with Crippen LogP contribution in [0.2, 0.25) is 5.28 Å². The molecule has 2 heterocycles. The normalized spacial score (nSPS) is 24.6. The second kappa shape index (κ2) is 4.37. The molecule has 18 heavy (non-hydrogen) atoms. The monoisotopic (exact) mass is 268 g/mol. The number of halogens is 1. The van der Waals surface area contributed by atoms with Gasteiger partial charge >= 0.3 is 5.69 Å². The minimum absolute atomic E-state index is 0.0700. The number of nitrogens with one attached hydrogen (secondary N) is 1. The van der Waals surface area contributed by atoms with Crippen molar-refractivity contribution in [2.75, 3.05) is 0 Å². The maximum Gasteiger partial charge on any atom is 0.327 e. The van der Waals surface area contributed by atoms with Gasteiger partial charge in [-0.15, -0.1) is 0 Å². The number of aliphatic hydroxyl groups is 1. The molecule has 0 atom stereocenters. The van der Waals surface area contributed by atoms with E-state index in [0.29, 0.717) is 24.0 Å². The zero-order chi connectivity index (χ0) is 12.7. The molecule has 3 rings (SSSR count). The number of imidazole rings is 1. The SMILES string of the molecule is O=c1[nH]c2cnc(Cl)nc2n1[C@H]1CC[C@@H](O)CC1. The first-order valence-electron chi connectivity index (χ1n) is 5.96. The number of aliphatic hydroxyl groups excluding tert-OH is 1. The molecular formula is C11H13ClN4O2. The molecule has 1 saturated carbocycles. The molecule has 2 aromatic heterocycles. The second-order valence-corrected chi connectivity index (χ2v) is 4.98. The van der Waals surface area contributed by atoms with Gasteiger partial charge in [0.2, 0.25) is 5.28 Å². The van der Waals surface area contributed by atoms with Gasteiger partial charge in [0, 0.05) is 6.04 Å². The van der Waals surface area contributed by atoms with E-state index < -0.39 is 0 Å². The number of aromatic amines is 1. The number of hydrogen-bond donors (Lipinski definition) is 2. The van der Waals surface area contributed by atoms with Crippen molar-refractivity contribution in [1.82, 2.24) is 19.5 Å². The first-order valence-corrected chi connectivity index (χ1v) is 6.34. The fourth-order valence-corrected chi connectivity index (χ4v) is 2.68. The van der Waals surface area contributed by atoms with Crippen molar-refractivity contribution in [3.63, 3.8) is 0 Å². The number of fused-ring (bicyclic) bond motifs is 1. The number of aromatic nitrogens is 4. The van der Waals surface area contributed by atoms with Gasteiger partial charge in [-0.05, 0) is 37.3 Å². The molecule has 0 spiro atoms. The summed E-state index contributed by atoms with van der Waals surface area (Å²) in [6.45, 7) is 0. The Morgan fingerprint density at radius 2 is 2.11 bits per heavy atom. The van der Waals surface area contributed by atoms with Gasteiger partial charge in [-0.1, -0.05) is 0 Å². The molecule has 1 aliphatic rings. The maximum absolute atomic E-state index is 12.0. The van der Waals surface area contributed by atoms with Gasteiger partial charge in [-0.3, -0.25) is 4.57 Å². The highest BCUT2D eigenvalue weighted by molar-refractivity contribution is 6.28. The zero-order valence-electron chi connectivity index (χ0n) is 9.64. The highest BCUT2D eigenvalue weighted by atomic mass is 35.5. The third-order valence-corrected chi connectivity index (χ3v) is 3.64. The van der Waals surface area contributed by atoms with Gasteiger partial charge in [-0.2, -0.15) is 4.98 Å². The average molecular weight is 269 g/mol. The molecule has 0 amide bonds. The number of nitrogens with zero attached hydrogens (tertiary/aromatic N) is 3. The minimum atomic E-state index is -0.250. The second-order valence-electron chi connectivity index (χ2n) is 4.64. The van der Waals surface area contributed by atoms with Crippen LogP contribution in [0.3, 0.4) is 0 Å². The number of rotatable bonds is 1. The van der Waals surface area contributed by atoms with Gasteiger partial charge in [0.15, 0.2) is 5.65 Å². The van der Waals surface area contributed by atoms with E-state index in [-0.39, 0.29) is 23.1 Å². The van der Waals surface area contributed by atoms with Crippen LogP contribution in [-0.2, 0) is 0 Å². The number of H-pyrrole nitrogens is 1. The van der Waals surface area contributed by atoms with Gasteiger partial charge in [0.1, 0.15) is 5.52 Å². The fourth-order valence-electron chi connectivity index (χ4n) is 2.55. The Hall–Kier alpha value is -1.40. The summed E-state index contributed by atoms with van der Waals surface area (Å²) < 4.78 is 1.63. The summed E-state index contributed by atoms with van der Waals surface area (Å²) in [4.78, 5) is 22.7. The molecule has 0 radical (unpaired) electrons. The van der Waals surface area contributed by atoms with Crippen LogP contribution in [0.1, 0.15) is 31.7 Å². The molecule has 0 bridgehead atoms. The molecule has 1 fully saturated rings. The minimum Gasteiger partial charge on any atom is -0.393 e. The van der Waals surface area contributed by atoms with Crippen molar-refractivity contribution in [2.45, 2.75) is 37.8 Å². The maximum atomic E-state index is 12.0. The van der Waals surface area contributed by atoms with Crippen LogP contribution in [0.4, 0.5) is 0 Å². The van der Waals surface area contributed by atoms with Gasteiger partial charge in [0.05, 0.1) is 12.3 Å². The Balaban J connectivity index is 2.08. The quantitative estimate of drug-likeness (QED) is 0.763. The van der Waals surface area contributed by atoms with Crippen molar-refractivity contribution >= 4 is 22.8 Å². The Bertz CT molecular complexity index is 627. The molecule has 0 saturated heterocycles. The molecule has 0 unspecified atom stereocenters. The Morgan fingerprint density at radius 3 is 2.83 bits per heavy atom. The summed E-state index contributed by atoms with van der Waals surface area (Å²) in [5, 5.41) is 9.64. The van der Waals surface area contributed by atoms with Crippen molar-refractivity contribution in [2.24, 2.45) is 0 Å². The van der Waals surface area contributed by atoms with Gasteiger partial charge in [0.25, 0.3) is 0 Å². The van der Waals surface area contributed by atoms with Crippen LogP contribution in [0.15, 0.2) is 11.0 Å². The Kier molecular flexibility index (Phi) is 2.83. The standard InChI is InChI=1S/C11H13ClN4O2/c12-10-13-5-8-9(15-10)16(11(18)14-8)6-1-3-7(17)4-2-6/h5-7,17H,1-4H2,(H,14,18)/t6-,7+. The van der Waals surface area contributed by atoms with Crippen LogP contribution in [0.25, 0.3) is 11.2 Å². The first kappa shape index (κ1) is 11.7. The molecule has 6 nitrogen and oxygen atoms in total. The molecular weight excluding hydrogens is 256 g/mol. The van der Waals surface area contributed by atoms with E-state index in [4.69, 9.17) is 11.6 Å². The molecule has 2 N–H and O–H groups in total. The first-order chi connectivity index (χ1) is 8.65. The summed E-state index contributed by atoms with van der Waals surface area (Å²) in [7, 11) is 0. The number of hydrogen-bond acceptors (Lipinski definition) is 4. The molecule has 96 valence electrons. The summed E-state index contributed by atoms with van der Waals surface area (Å²) in [5.74, 6) is 0. The van der Waals surface area contributed by atoms with Gasteiger partial charge in [-0.25, -0.2) is 9.78 Å². The lowest BCUT2D eigenvalue weighted by Gasteiger charge is -2.25. The lowest BCUT2D eigenvalue weighted by molar-refractivity contribution is 0.111. The van der Waals surface area contributed by atoms with Crippen molar-refractivity contribution < 1.29 is 5.11 Å². The van der Waals surface area contributed by atoms with Crippen molar-refractivity contribution in [1.29, 1.82) is 0 Å². The predicted octanol–water partition coefficient (Wildman–Crippen LogP) is 1.25. The summed E-state index contributed by atoms with van der Waals surface area (Å²) in [5.41, 5.74) is 0.944. The summed E-state index contributed by atoms with van der Waals surface area (Å²) in [6.07, 6.45) is 4.23. The highest BCUT2D eigenvalue weighted by Gasteiger charge is 2.24. The van der Waals surface area contributed by atoms with Crippen molar-refractivity contribution in [3.8, 4) is 0 Å². The summed E-state index contributed by atoms with van der Waals surface area (Å²) in [6, 6.07) is 0.0700. The smallest absolute Gasteiger partial charge is 0.327 e. The molecule has 1 aliphatic carbocycles. The molecule has 0 aliphatic heterocycles. The lowest BCUT2D eigenvalue weighted by atomic mass is 9.93. The average Bonchev–Trinajstić information content (AvgIpc) is 2.66. The molecule has 0 aromatic carbocycles. The Morgan fingerprint density at radius 1 is 1.39 bits per heavy atom.